The first kappa shape index (κ1) is 12.2. The van der Waals surface area contributed by atoms with E-state index in [2.05, 4.69) is 16.2 Å². The fraction of sp³-hybridized carbons (Fsp3) is 0.778. The van der Waals surface area contributed by atoms with Crippen molar-refractivity contribution in [3.63, 3.8) is 0 Å². The van der Waals surface area contributed by atoms with Crippen molar-refractivity contribution in [1.29, 1.82) is 0 Å². The average Bonchev–Trinajstić information content (AvgIpc) is 2.75. The molecule has 0 unspecified atom stereocenters. The first-order valence-electron chi connectivity index (χ1n) is 5.16. The van der Waals surface area contributed by atoms with E-state index in [1.165, 1.54) is 0 Å². The SMILES string of the molecule is CCC(=O)NNC(=S)NC[C@@H]1CCCO1. The van der Waals surface area contributed by atoms with Crippen LogP contribution in [0.3, 0.4) is 0 Å². The summed E-state index contributed by atoms with van der Waals surface area (Å²) in [5, 5.41) is 3.41. The highest BCUT2D eigenvalue weighted by atomic mass is 32.1. The van der Waals surface area contributed by atoms with E-state index in [1.807, 2.05) is 0 Å². The Morgan fingerprint density at radius 2 is 2.33 bits per heavy atom. The van der Waals surface area contributed by atoms with Crippen molar-refractivity contribution in [3.8, 4) is 0 Å². The first-order chi connectivity index (χ1) is 7.22. The van der Waals surface area contributed by atoms with E-state index in [0.29, 0.717) is 18.1 Å². The molecule has 0 saturated carbocycles. The molecule has 15 heavy (non-hydrogen) atoms. The predicted octanol–water partition coefficient (Wildman–Crippen LogP) is 0.0707. The third-order valence-electron chi connectivity index (χ3n) is 2.15. The molecule has 86 valence electrons. The monoisotopic (exact) mass is 231 g/mol. The molecule has 1 aliphatic heterocycles. The lowest BCUT2D eigenvalue weighted by molar-refractivity contribution is -0.121. The number of hydrogen-bond acceptors (Lipinski definition) is 3. The number of rotatable bonds is 3. The van der Waals surface area contributed by atoms with Crippen LogP contribution in [0.4, 0.5) is 0 Å². The second-order valence-corrected chi connectivity index (χ2v) is 3.78. The van der Waals surface area contributed by atoms with Gasteiger partial charge in [-0.25, -0.2) is 0 Å². The largest absolute Gasteiger partial charge is 0.376 e. The molecule has 1 atom stereocenters. The Morgan fingerprint density at radius 1 is 1.53 bits per heavy atom. The van der Waals surface area contributed by atoms with E-state index in [9.17, 15) is 4.79 Å². The average molecular weight is 231 g/mol. The van der Waals surface area contributed by atoms with Gasteiger partial charge in [0, 0.05) is 19.6 Å². The van der Waals surface area contributed by atoms with Gasteiger partial charge in [0.2, 0.25) is 5.91 Å². The molecule has 6 heteroatoms. The number of nitrogens with one attached hydrogen (secondary N) is 3. The van der Waals surface area contributed by atoms with Crippen LogP contribution in [0.25, 0.3) is 0 Å². The summed E-state index contributed by atoms with van der Waals surface area (Å²) in [6.07, 6.45) is 2.85. The number of amides is 1. The fourth-order valence-corrected chi connectivity index (χ4v) is 1.41. The van der Waals surface area contributed by atoms with E-state index in [4.69, 9.17) is 17.0 Å². The summed E-state index contributed by atoms with van der Waals surface area (Å²) >= 11 is 4.96. The minimum Gasteiger partial charge on any atom is -0.376 e. The van der Waals surface area contributed by atoms with E-state index in [0.717, 1.165) is 19.4 Å². The molecule has 1 rings (SSSR count). The summed E-state index contributed by atoms with van der Waals surface area (Å²) in [7, 11) is 0. The Kier molecular flexibility index (Phi) is 5.34. The minimum absolute atomic E-state index is 0.0868. The summed E-state index contributed by atoms with van der Waals surface area (Å²) < 4.78 is 5.41. The zero-order valence-corrected chi connectivity index (χ0v) is 9.65. The summed E-state index contributed by atoms with van der Waals surface area (Å²) in [4.78, 5) is 10.9. The zero-order chi connectivity index (χ0) is 11.1. The number of ether oxygens (including phenoxy) is 1. The molecule has 1 saturated heterocycles. The normalized spacial score (nSPS) is 19.7. The number of carbonyl (C=O) groups excluding carboxylic acids is 1. The maximum absolute atomic E-state index is 10.9. The van der Waals surface area contributed by atoms with Crippen LogP contribution in [-0.4, -0.2) is 30.3 Å². The molecule has 1 fully saturated rings. The predicted molar refractivity (Wildman–Crippen MR) is 61.1 cm³/mol. The molecule has 0 spiro atoms. The third-order valence-corrected chi connectivity index (χ3v) is 2.40. The van der Waals surface area contributed by atoms with Gasteiger partial charge in [-0.15, -0.1) is 0 Å². The molecule has 3 N–H and O–H groups in total. The van der Waals surface area contributed by atoms with E-state index < -0.39 is 0 Å². The van der Waals surface area contributed by atoms with Crippen LogP contribution >= 0.6 is 12.2 Å². The van der Waals surface area contributed by atoms with Crippen LogP contribution in [0.2, 0.25) is 0 Å². The van der Waals surface area contributed by atoms with Crippen molar-refractivity contribution in [2.45, 2.75) is 32.3 Å². The van der Waals surface area contributed by atoms with Crippen LogP contribution in [0.5, 0.6) is 0 Å². The van der Waals surface area contributed by atoms with Crippen molar-refractivity contribution in [2.75, 3.05) is 13.2 Å². The second kappa shape index (κ2) is 6.58. The molecule has 0 aromatic carbocycles. The number of hydrazine groups is 1. The molecule has 0 radical (unpaired) electrons. The maximum atomic E-state index is 10.9. The quantitative estimate of drug-likeness (QED) is 0.474. The number of thiocarbonyl (C=S) groups is 1. The number of carbonyl (C=O) groups is 1. The van der Waals surface area contributed by atoms with Crippen LogP contribution in [-0.2, 0) is 9.53 Å². The van der Waals surface area contributed by atoms with Crippen molar-refractivity contribution in [3.05, 3.63) is 0 Å². The summed E-state index contributed by atoms with van der Waals surface area (Å²) in [5.74, 6) is -0.0868. The van der Waals surface area contributed by atoms with Gasteiger partial charge in [0.05, 0.1) is 6.10 Å². The second-order valence-electron chi connectivity index (χ2n) is 3.37. The Labute approximate surface area is 94.9 Å². The smallest absolute Gasteiger partial charge is 0.238 e. The highest BCUT2D eigenvalue weighted by Gasteiger charge is 2.15. The lowest BCUT2D eigenvalue weighted by atomic mass is 10.2. The van der Waals surface area contributed by atoms with Gasteiger partial charge in [0.15, 0.2) is 5.11 Å². The highest BCUT2D eigenvalue weighted by molar-refractivity contribution is 7.80. The van der Waals surface area contributed by atoms with Gasteiger partial charge in [0.25, 0.3) is 0 Å². The topological polar surface area (TPSA) is 62.4 Å². The molecule has 0 aliphatic carbocycles. The van der Waals surface area contributed by atoms with Crippen molar-refractivity contribution in [1.82, 2.24) is 16.2 Å². The highest BCUT2D eigenvalue weighted by Crippen LogP contribution is 2.10. The lowest BCUT2D eigenvalue weighted by Crippen LogP contribution is -2.48. The number of hydrogen-bond donors (Lipinski definition) is 3. The molecule has 1 heterocycles. The standard InChI is InChI=1S/C9H17N3O2S/c1-2-8(13)11-12-9(15)10-6-7-4-3-5-14-7/h7H,2-6H2,1H3,(H,11,13)(H2,10,12,15)/t7-/m0/s1. The minimum atomic E-state index is -0.0868. The van der Waals surface area contributed by atoms with Crippen LogP contribution < -0.4 is 16.2 Å². The molecule has 0 aromatic heterocycles. The zero-order valence-electron chi connectivity index (χ0n) is 8.84. The van der Waals surface area contributed by atoms with Gasteiger partial charge in [-0.05, 0) is 25.1 Å². The molecule has 1 amide bonds. The molecule has 0 aromatic rings. The van der Waals surface area contributed by atoms with E-state index >= 15 is 0 Å². The van der Waals surface area contributed by atoms with Crippen molar-refractivity contribution < 1.29 is 9.53 Å². The molecular formula is C9H17N3O2S. The van der Waals surface area contributed by atoms with Crippen molar-refractivity contribution >= 4 is 23.2 Å². The van der Waals surface area contributed by atoms with Gasteiger partial charge >= 0.3 is 0 Å². The van der Waals surface area contributed by atoms with Gasteiger partial charge in [-0.1, -0.05) is 6.92 Å². The van der Waals surface area contributed by atoms with Gasteiger partial charge in [0.1, 0.15) is 0 Å². The van der Waals surface area contributed by atoms with Crippen LogP contribution in [0.1, 0.15) is 26.2 Å². The summed E-state index contributed by atoms with van der Waals surface area (Å²) in [6.45, 7) is 3.30. The Bertz CT molecular complexity index is 229. The van der Waals surface area contributed by atoms with Crippen LogP contribution in [0.15, 0.2) is 0 Å². The van der Waals surface area contributed by atoms with E-state index in [-0.39, 0.29) is 12.0 Å². The van der Waals surface area contributed by atoms with E-state index in [1.54, 1.807) is 6.92 Å². The summed E-state index contributed by atoms with van der Waals surface area (Å²) in [5.41, 5.74) is 5.10. The molecule has 5 nitrogen and oxygen atoms in total. The fourth-order valence-electron chi connectivity index (χ4n) is 1.27. The van der Waals surface area contributed by atoms with Crippen LogP contribution in [0, 0.1) is 0 Å². The lowest BCUT2D eigenvalue weighted by Gasteiger charge is -2.14. The van der Waals surface area contributed by atoms with Crippen molar-refractivity contribution in [2.24, 2.45) is 0 Å². The maximum Gasteiger partial charge on any atom is 0.238 e. The Morgan fingerprint density at radius 3 is 2.93 bits per heavy atom. The molecular weight excluding hydrogens is 214 g/mol. The Hall–Kier alpha value is -0.880. The molecule has 0 bridgehead atoms. The third kappa shape index (κ3) is 4.94. The summed E-state index contributed by atoms with van der Waals surface area (Å²) in [6, 6.07) is 0. The Balaban J connectivity index is 2.05. The van der Waals surface area contributed by atoms with Gasteiger partial charge in [-0.2, -0.15) is 0 Å². The first-order valence-corrected chi connectivity index (χ1v) is 5.57. The van der Waals surface area contributed by atoms with Gasteiger partial charge < -0.3 is 10.1 Å². The molecule has 1 aliphatic rings. The van der Waals surface area contributed by atoms with Gasteiger partial charge in [-0.3, -0.25) is 15.6 Å².